The highest BCUT2D eigenvalue weighted by Crippen LogP contribution is 2.31. The van der Waals surface area contributed by atoms with E-state index in [-0.39, 0.29) is 0 Å². The van der Waals surface area contributed by atoms with Crippen LogP contribution in [0.2, 0.25) is 0 Å². The summed E-state index contributed by atoms with van der Waals surface area (Å²) in [5, 5.41) is 3.47. The summed E-state index contributed by atoms with van der Waals surface area (Å²) in [6.07, 6.45) is 7.31. The van der Waals surface area contributed by atoms with Crippen molar-refractivity contribution in [1.29, 1.82) is 0 Å². The molecule has 1 fully saturated rings. The summed E-state index contributed by atoms with van der Waals surface area (Å²) in [4.78, 5) is 12.0. The highest BCUT2D eigenvalue weighted by molar-refractivity contribution is 5.59. The van der Waals surface area contributed by atoms with Crippen molar-refractivity contribution in [2.45, 2.75) is 72.3 Å². The average molecular weight is 290 g/mol. The van der Waals surface area contributed by atoms with Crippen LogP contribution in [0.25, 0.3) is 0 Å². The molecule has 4 nitrogen and oxygen atoms in total. The Kier molecular flexibility index (Phi) is 5.83. The number of hydrogen-bond acceptors (Lipinski definition) is 4. The van der Waals surface area contributed by atoms with Crippen molar-refractivity contribution in [3.8, 4) is 0 Å². The lowest BCUT2D eigenvalue weighted by Crippen LogP contribution is -2.34. The Morgan fingerprint density at radius 1 is 1.14 bits per heavy atom. The third-order valence-electron chi connectivity index (χ3n) is 4.40. The molecule has 0 radical (unpaired) electrons. The second-order valence-corrected chi connectivity index (χ2v) is 5.94. The van der Waals surface area contributed by atoms with Gasteiger partial charge in [-0.25, -0.2) is 9.97 Å². The topological polar surface area (TPSA) is 41.1 Å². The Hall–Kier alpha value is -1.32. The van der Waals surface area contributed by atoms with E-state index in [0.29, 0.717) is 6.04 Å². The molecule has 118 valence electrons. The SMILES string of the molecule is CCCNc1nc(CC)nc(N(CC)C2CCCC2)c1C. The van der Waals surface area contributed by atoms with Gasteiger partial charge in [0.25, 0.3) is 0 Å². The largest absolute Gasteiger partial charge is 0.370 e. The van der Waals surface area contributed by atoms with Crippen LogP contribution < -0.4 is 10.2 Å². The Bertz CT molecular complexity index is 452. The first-order valence-corrected chi connectivity index (χ1v) is 8.59. The molecule has 1 aromatic heterocycles. The van der Waals surface area contributed by atoms with Crippen LogP contribution in [0.1, 0.15) is 64.3 Å². The lowest BCUT2D eigenvalue weighted by molar-refractivity contribution is 0.609. The molecular weight excluding hydrogens is 260 g/mol. The van der Waals surface area contributed by atoms with Crippen LogP contribution in [-0.4, -0.2) is 29.1 Å². The minimum Gasteiger partial charge on any atom is -0.370 e. The highest BCUT2D eigenvalue weighted by Gasteiger charge is 2.25. The fourth-order valence-corrected chi connectivity index (χ4v) is 3.20. The van der Waals surface area contributed by atoms with E-state index in [1.54, 1.807) is 0 Å². The van der Waals surface area contributed by atoms with E-state index in [9.17, 15) is 0 Å². The van der Waals surface area contributed by atoms with Crippen LogP contribution in [0, 0.1) is 6.92 Å². The van der Waals surface area contributed by atoms with E-state index in [1.165, 1.54) is 31.2 Å². The lowest BCUT2D eigenvalue weighted by atomic mass is 10.1. The number of hydrogen-bond donors (Lipinski definition) is 1. The molecule has 2 rings (SSSR count). The maximum Gasteiger partial charge on any atom is 0.137 e. The van der Waals surface area contributed by atoms with Gasteiger partial charge in [0.15, 0.2) is 0 Å². The summed E-state index contributed by atoms with van der Waals surface area (Å²) in [5.41, 5.74) is 1.20. The maximum absolute atomic E-state index is 4.85. The molecule has 0 spiro atoms. The first-order valence-electron chi connectivity index (χ1n) is 8.59. The number of anilines is 2. The third-order valence-corrected chi connectivity index (χ3v) is 4.40. The molecule has 1 aliphatic rings. The standard InChI is InChI=1S/C17H30N4/c1-5-12-18-16-13(4)17(20-15(6-2)19-16)21(7-3)14-10-8-9-11-14/h14H,5-12H2,1-4H3,(H,18,19,20). The van der Waals surface area contributed by atoms with Crippen molar-refractivity contribution in [1.82, 2.24) is 9.97 Å². The first kappa shape index (κ1) is 16.1. The fraction of sp³-hybridized carbons (Fsp3) is 0.765. The van der Waals surface area contributed by atoms with Gasteiger partial charge in [-0.2, -0.15) is 0 Å². The van der Waals surface area contributed by atoms with Gasteiger partial charge in [-0.15, -0.1) is 0 Å². The van der Waals surface area contributed by atoms with Gasteiger partial charge < -0.3 is 10.2 Å². The van der Waals surface area contributed by atoms with E-state index in [0.717, 1.165) is 43.4 Å². The van der Waals surface area contributed by atoms with E-state index in [2.05, 4.69) is 42.9 Å². The molecule has 1 N–H and O–H groups in total. The van der Waals surface area contributed by atoms with Crippen LogP contribution in [-0.2, 0) is 6.42 Å². The van der Waals surface area contributed by atoms with Gasteiger partial charge >= 0.3 is 0 Å². The van der Waals surface area contributed by atoms with Gasteiger partial charge in [0.05, 0.1) is 0 Å². The number of nitrogens with one attached hydrogen (secondary N) is 1. The zero-order valence-electron chi connectivity index (χ0n) is 14.1. The van der Waals surface area contributed by atoms with Gasteiger partial charge in [-0.1, -0.05) is 26.7 Å². The molecule has 0 aromatic carbocycles. The Labute approximate surface area is 129 Å². The monoisotopic (exact) mass is 290 g/mol. The molecule has 4 heteroatoms. The molecule has 0 saturated heterocycles. The van der Waals surface area contributed by atoms with E-state index in [1.807, 2.05) is 0 Å². The summed E-state index contributed by atoms with van der Waals surface area (Å²) in [5.74, 6) is 3.12. The smallest absolute Gasteiger partial charge is 0.137 e. The third kappa shape index (κ3) is 3.66. The fourth-order valence-electron chi connectivity index (χ4n) is 3.20. The van der Waals surface area contributed by atoms with Crippen LogP contribution in [0.15, 0.2) is 0 Å². The van der Waals surface area contributed by atoms with Crippen molar-refractivity contribution in [2.24, 2.45) is 0 Å². The van der Waals surface area contributed by atoms with Gasteiger partial charge in [-0.3, -0.25) is 0 Å². The van der Waals surface area contributed by atoms with Crippen molar-refractivity contribution in [2.75, 3.05) is 23.3 Å². The maximum atomic E-state index is 4.85. The highest BCUT2D eigenvalue weighted by atomic mass is 15.2. The van der Waals surface area contributed by atoms with Crippen LogP contribution in [0.5, 0.6) is 0 Å². The minimum atomic E-state index is 0.660. The van der Waals surface area contributed by atoms with Crippen molar-refractivity contribution in [3.05, 3.63) is 11.4 Å². The molecule has 0 atom stereocenters. The Morgan fingerprint density at radius 2 is 1.86 bits per heavy atom. The van der Waals surface area contributed by atoms with Gasteiger partial charge in [0.1, 0.15) is 17.5 Å². The summed E-state index contributed by atoms with van der Waals surface area (Å²) in [7, 11) is 0. The molecule has 1 aliphatic carbocycles. The molecule has 0 bridgehead atoms. The van der Waals surface area contributed by atoms with Crippen molar-refractivity contribution >= 4 is 11.6 Å². The van der Waals surface area contributed by atoms with Crippen molar-refractivity contribution < 1.29 is 0 Å². The van der Waals surface area contributed by atoms with Crippen LogP contribution in [0.4, 0.5) is 11.6 Å². The first-order chi connectivity index (χ1) is 10.2. The molecule has 1 heterocycles. The molecular formula is C17H30N4. The van der Waals surface area contributed by atoms with E-state index < -0.39 is 0 Å². The second kappa shape index (κ2) is 7.62. The summed E-state index contributed by atoms with van der Waals surface area (Å²) < 4.78 is 0. The normalized spacial score (nSPS) is 15.4. The Balaban J connectivity index is 2.34. The zero-order valence-corrected chi connectivity index (χ0v) is 14.1. The van der Waals surface area contributed by atoms with E-state index >= 15 is 0 Å². The second-order valence-electron chi connectivity index (χ2n) is 5.94. The summed E-state index contributed by atoms with van der Waals surface area (Å²) in [6.45, 7) is 10.7. The molecule has 1 aromatic rings. The van der Waals surface area contributed by atoms with Crippen LogP contribution >= 0.6 is 0 Å². The number of aromatic nitrogens is 2. The minimum absolute atomic E-state index is 0.660. The number of aryl methyl sites for hydroxylation is 1. The van der Waals surface area contributed by atoms with Gasteiger partial charge in [-0.05, 0) is 33.1 Å². The molecule has 21 heavy (non-hydrogen) atoms. The summed E-state index contributed by atoms with van der Waals surface area (Å²) >= 11 is 0. The van der Waals surface area contributed by atoms with Gasteiger partial charge in [0, 0.05) is 31.1 Å². The molecule has 0 unspecified atom stereocenters. The van der Waals surface area contributed by atoms with Gasteiger partial charge in [0.2, 0.25) is 0 Å². The predicted octanol–water partition coefficient (Wildman–Crippen LogP) is 3.94. The molecule has 1 saturated carbocycles. The molecule has 0 aliphatic heterocycles. The van der Waals surface area contributed by atoms with E-state index in [4.69, 9.17) is 4.98 Å². The number of rotatable bonds is 7. The molecule has 0 amide bonds. The predicted molar refractivity (Wildman–Crippen MR) is 90.2 cm³/mol. The summed E-state index contributed by atoms with van der Waals surface area (Å²) in [6, 6.07) is 0.660. The van der Waals surface area contributed by atoms with Crippen LogP contribution in [0.3, 0.4) is 0 Å². The lowest BCUT2D eigenvalue weighted by Gasteiger charge is -2.31. The average Bonchev–Trinajstić information content (AvgIpc) is 3.02. The quantitative estimate of drug-likeness (QED) is 0.826. The zero-order chi connectivity index (χ0) is 15.2. The Morgan fingerprint density at radius 3 is 2.43 bits per heavy atom. The van der Waals surface area contributed by atoms with Crippen molar-refractivity contribution in [3.63, 3.8) is 0 Å². The number of nitrogens with zero attached hydrogens (tertiary/aromatic N) is 3.